The lowest BCUT2D eigenvalue weighted by atomic mass is 10.0. The molecule has 1 amide bonds. The van der Waals surface area contributed by atoms with Crippen LogP contribution >= 0.6 is 11.6 Å². The predicted octanol–water partition coefficient (Wildman–Crippen LogP) is 2.76. The maximum atomic E-state index is 13.0. The van der Waals surface area contributed by atoms with Gasteiger partial charge in [0, 0.05) is 36.4 Å². The number of hydrogen-bond acceptors (Lipinski definition) is 5. The maximum Gasteiger partial charge on any atom is 0.244 e. The molecule has 1 N–H and O–H groups in total. The molecule has 2 saturated heterocycles. The molecule has 0 aliphatic carbocycles. The van der Waals surface area contributed by atoms with Crippen LogP contribution in [-0.4, -0.2) is 50.9 Å². The number of halogens is 1. The van der Waals surface area contributed by atoms with E-state index in [1.165, 1.54) is 12.1 Å². The minimum absolute atomic E-state index is 0.0601. The Balaban J connectivity index is 1.34. The summed E-state index contributed by atoms with van der Waals surface area (Å²) in [5, 5.41) is 9.43. The fourth-order valence-corrected chi connectivity index (χ4v) is 5.64. The van der Waals surface area contributed by atoms with E-state index >= 15 is 0 Å². The molecule has 2 aliphatic heterocycles. The molecular formula is C22H23ClN4O3S. The van der Waals surface area contributed by atoms with Crippen LogP contribution in [0.4, 0.5) is 5.69 Å². The smallest absolute Gasteiger partial charge is 0.244 e. The SMILES string of the molecule is N#Cc1ccc(N2CCC(N3CCC(NS(=O)(=O)c4ccc(Cl)cc4)CC3)C2=O)cc1. The molecule has 2 heterocycles. The monoisotopic (exact) mass is 458 g/mol. The van der Waals surface area contributed by atoms with Crippen LogP contribution in [0.3, 0.4) is 0 Å². The number of hydrogen-bond donors (Lipinski definition) is 1. The Morgan fingerprint density at radius 3 is 2.23 bits per heavy atom. The fraction of sp³-hybridized carbons (Fsp3) is 0.364. The van der Waals surface area contributed by atoms with Gasteiger partial charge in [0.2, 0.25) is 15.9 Å². The lowest BCUT2D eigenvalue weighted by Crippen LogP contribution is -2.50. The molecule has 4 rings (SSSR count). The number of carbonyl (C=O) groups is 1. The van der Waals surface area contributed by atoms with E-state index < -0.39 is 10.0 Å². The van der Waals surface area contributed by atoms with Crippen molar-refractivity contribution >= 4 is 33.2 Å². The van der Waals surface area contributed by atoms with Crippen LogP contribution in [-0.2, 0) is 14.8 Å². The third kappa shape index (κ3) is 4.75. The van der Waals surface area contributed by atoms with E-state index in [0.29, 0.717) is 43.1 Å². The van der Waals surface area contributed by atoms with Crippen LogP contribution in [0.1, 0.15) is 24.8 Å². The van der Waals surface area contributed by atoms with E-state index in [1.54, 1.807) is 41.3 Å². The van der Waals surface area contributed by atoms with Gasteiger partial charge in [0.05, 0.1) is 22.6 Å². The molecular weight excluding hydrogens is 436 g/mol. The van der Waals surface area contributed by atoms with Crippen LogP contribution in [0.15, 0.2) is 53.4 Å². The molecule has 1 unspecified atom stereocenters. The predicted molar refractivity (Wildman–Crippen MR) is 118 cm³/mol. The van der Waals surface area contributed by atoms with Gasteiger partial charge in [-0.15, -0.1) is 0 Å². The van der Waals surface area contributed by atoms with Crippen LogP contribution in [0.2, 0.25) is 5.02 Å². The normalized spacial score (nSPS) is 20.7. The molecule has 7 nitrogen and oxygen atoms in total. The van der Waals surface area contributed by atoms with Gasteiger partial charge in [-0.25, -0.2) is 13.1 Å². The zero-order valence-electron chi connectivity index (χ0n) is 16.9. The van der Waals surface area contributed by atoms with Gasteiger partial charge in [0.1, 0.15) is 0 Å². The molecule has 0 spiro atoms. The summed E-state index contributed by atoms with van der Waals surface area (Å²) in [6.07, 6.45) is 2.03. The van der Waals surface area contributed by atoms with Crippen LogP contribution in [0.25, 0.3) is 0 Å². The fourth-order valence-electron chi connectivity index (χ4n) is 4.21. The summed E-state index contributed by atoms with van der Waals surface area (Å²) in [7, 11) is -3.60. The summed E-state index contributed by atoms with van der Waals surface area (Å²) < 4.78 is 28.0. The molecule has 2 aromatic rings. The molecule has 2 aromatic carbocycles. The molecule has 0 saturated carbocycles. The first-order chi connectivity index (χ1) is 14.9. The Morgan fingerprint density at radius 1 is 0.968 bits per heavy atom. The van der Waals surface area contributed by atoms with E-state index in [1.807, 2.05) is 0 Å². The maximum absolute atomic E-state index is 13.0. The van der Waals surface area contributed by atoms with E-state index in [4.69, 9.17) is 16.9 Å². The van der Waals surface area contributed by atoms with E-state index in [-0.39, 0.29) is 22.9 Å². The van der Waals surface area contributed by atoms with Gasteiger partial charge in [-0.05, 0) is 67.8 Å². The van der Waals surface area contributed by atoms with Crippen LogP contribution in [0, 0.1) is 11.3 Å². The number of carbonyl (C=O) groups excluding carboxylic acids is 1. The molecule has 0 aromatic heterocycles. The first-order valence-electron chi connectivity index (χ1n) is 10.2. The van der Waals surface area contributed by atoms with Gasteiger partial charge in [-0.1, -0.05) is 11.6 Å². The number of sulfonamides is 1. The van der Waals surface area contributed by atoms with E-state index in [9.17, 15) is 13.2 Å². The molecule has 0 bridgehead atoms. The Hall–Kier alpha value is -2.44. The number of likely N-dealkylation sites (tertiary alicyclic amines) is 1. The summed E-state index contributed by atoms with van der Waals surface area (Å²) in [5.41, 5.74) is 1.37. The number of nitriles is 1. The zero-order valence-corrected chi connectivity index (χ0v) is 18.4. The minimum Gasteiger partial charge on any atom is -0.311 e. The average Bonchev–Trinajstić information content (AvgIpc) is 3.15. The summed E-state index contributed by atoms with van der Waals surface area (Å²) >= 11 is 5.84. The summed E-state index contributed by atoms with van der Waals surface area (Å²) in [6, 6.07) is 14.9. The van der Waals surface area contributed by atoms with Gasteiger partial charge in [0.15, 0.2) is 0 Å². The van der Waals surface area contributed by atoms with Crippen molar-refractivity contribution in [2.45, 2.75) is 36.2 Å². The Labute approximate surface area is 187 Å². The quantitative estimate of drug-likeness (QED) is 0.743. The zero-order chi connectivity index (χ0) is 22.0. The third-order valence-electron chi connectivity index (χ3n) is 5.90. The number of piperidine rings is 1. The second-order valence-electron chi connectivity index (χ2n) is 7.84. The second kappa shape index (κ2) is 8.97. The number of benzene rings is 2. The molecule has 31 heavy (non-hydrogen) atoms. The first-order valence-corrected chi connectivity index (χ1v) is 12.1. The third-order valence-corrected chi connectivity index (χ3v) is 7.69. The highest BCUT2D eigenvalue weighted by Gasteiger charge is 2.38. The second-order valence-corrected chi connectivity index (χ2v) is 9.99. The largest absolute Gasteiger partial charge is 0.311 e. The topological polar surface area (TPSA) is 93.5 Å². The lowest BCUT2D eigenvalue weighted by molar-refractivity contribution is -0.122. The van der Waals surface area contributed by atoms with Gasteiger partial charge in [-0.2, -0.15) is 5.26 Å². The van der Waals surface area contributed by atoms with E-state index in [0.717, 1.165) is 12.1 Å². The van der Waals surface area contributed by atoms with Crippen molar-refractivity contribution in [3.8, 4) is 6.07 Å². The number of nitrogens with zero attached hydrogens (tertiary/aromatic N) is 3. The Bertz CT molecular complexity index is 1090. The van der Waals surface area contributed by atoms with Gasteiger partial charge in [0.25, 0.3) is 0 Å². The van der Waals surface area contributed by atoms with E-state index in [2.05, 4.69) is 15.7 Å². The number of amides is 1. The molecule has 0 radical (unpaired) electrons. The Morgan fingerprint density at radius 2 is 1.61 bits per heavy atom. The number of rotatable bonds is 5. The van der Waals surface area contributed by atoms with Crippen LogP contribution in [0.5, 0.6) is 0 Å². The molecule has 1 atom stereocenters. The van der Waals surface area contributed by atoms with Gasteiger partial charge >= 0.3 is 0 Å². The highest BCUT2D eigenvalue weighted by Crippen LogP contribution is 2.27. The van der Waals surface area contributed by atoms with Crippen molar-refractivity contribution in [1.82, 2.24) is 9.62 Å². The molecule has 2 fully saturated rings. The molecule has 2 aliphatic rings. The van der Waals surface area contributed by atoms with Gasteiger partial charge < -0.3 is 4.90 Å². The van der Waals surface area contributed by atoms with Crippen molar-refractivity contribution in [3.05, 3.63) is 59.1 Å². The summed E-state index contributed by atoms with van der Waals surface area (Å²) in [4.78, 5) is 17.1. The van der Waals surface area contributed by atoms with Crippen molar-refractivity contribution in [3.63, 3.8) is 0 Å². The van der Waals surface area contributed by atoms with Crippen molar-refractivity contribution in [1.29, 1.82) is 5.26 Å². The molecule has 9 heteroatoms. The standard InChI is InChI=1S/C22H23ClN4O3S/c23-17-3-7-20(8-4-17)31(29,30)25-18-9-12-26(13-10-18)21-11-14-27(22(21)28)19-5-1-16(15-24)2-6-19/h1-8,18,21,25H,9-14H2. The number of anilines is 1. The first kappa shape index (κ1) is 21.8. The van der Waals surface area contributed by atoms with Crippen molar-refractivity contribution < 1.29 is 13.2 Å². The Kier molecular flexibility index (Phi) is 6.30. The molecule has 162 valence electrons. The lowest BCUT2D eigenvalue weighted by Gasteiger charge is -2.35. The highest BCUT2D eigenvalue weighted by atomic mass is 35.5. The highest BCUT2D eigenvalue weighted by molar-refractivity contribution is 7.89. The van der Waals surface area contributed by atoms with Gasteiger partial charge in [-0.3, -0.25) is 9.69 Å². The minimum atomic E-state index is -3.60. The summed E-state index contributed by atoms with van der Waals surface area (Å²) in [5.74, 6) is 0.0601. The average molecular weight is 459 g/mol. The van der Waals surface area contributed by atoms with Crippen molar-refractivity contribution in [2.75, 3.05) is 24.5 Å². The van der Waals surface area contributed by atoms with Crippen LogP contribution < -0.4 is 9.62 Å². The number of nitrogens with one attached hydrogen (secondary N) is 1. The summed E-state index contributed by atoms with van der Waals surface area (Å²) in [6.45, 7) is 1.95. The van der Waals surface area contributed by atoms with Crippen molar-refractivity contribution in [2.24, 2.45) is 0 Å².